The minimum Gasteiger partial charge on any atom is -0.385 e. The molecule has 0 saturated heterocycles. The summed E-state index contributed by atoms with van der Waals surface area (Å²) in [6.07, 6.45) is 0. The number of carbonyl (C=O) groups excluding carboxylic acids is 1. The number of nitrogens with zero attached hydrogens (tertiary/aromatic N) is 2. The number of amidine groups is 1. The molecule has 1 atom stereocenters. The Morgan fingerprint density at radius 2 is 2.33 bits per heavy atom. The van der Waals surface area contributed by atoms with Crippen LogP contribution in [0.25, 0.3) is 0 Å². The zero-order valence-corrected chi connectivity index (χ0v) is 10.7. The number of urea groups is 1. The summed E-state index contributed by atoms with van der Waals surface area (Å²) >= 11 is 5.06. The van der Waals surface area contributed by atoms with Crippen LogP contribution in [0.5, 0.6) is 0 Å². The van der Waals surface area contributed by atoms with Gasteiger partial charge in [0.2, 0.25) is 0 Å². The van der Waals surface area contributed by atoms with Crippen LogP contribution in [0.2, 0.25) is 0 Å². The number of hydrogen-bond donors (Lipinski definition) is 1. The second-order valence-electron chi connectivity index (χ2n) is 3.39. The van der Waals surface area contributed by atoms with E-state index in [-0.39, 0.29) is 12.1 Å². The number of aryl methyl sites for hydroxylation is 1. The van der Waals surface area contributed by atoms with Crippen LogP contribution in [0.4, 0.5) is 4.79 Å². The van der Waals surface area contributed by atoms with Gasteiger partial charge in [-0.3, -0.25) is 0 Å². The minimum atomic E-state index is -0.278. The van der Waals surface area contributed by atoms with Gasteiger partial charge in [-0.1, -0.05) is 0 Å². The van der Waals surface area contributed by atoms with Crippen LogP contribution in [-0.2, 0) is 0 Å². The van der Waals surface area contributed by atoms with Crippen molar-refractivity contribution in [3.05, 3.63) is 20.3 Å². The van der Waals surface area contributed by atoms with Gasteiger partial charge in [0.05, 0.1) is 0 Å². The molecule has 0 radical (unpaired) electrons. The van der Waals surface area contributed by atoms with Crippen LogP contribution in [0.3, 0.4) is 0 Å². The van der Waals surface area contributed by atoms with Gasteiger partial charge in [0.25, 0.3) is 0 Å². The van der Waals surface area contributed by atoms with E-state index in [0.29, 0.717) is 5.84 Å². The molecule has 2 amide bonds. The Hall–Kier alpha value is -0.880. The van der Waals surface area contributed by atoms with E-state index >= 15 is 0 Å². The first-order chi connectivity index (χ1) is 7.00. The molecule has 0 bridgehead atoms. The predicted molar refractivity (Wildman–Crippen MR) is 64.3 cm³/mol. The first kappa shape index (κ1) is 10.6. The number of halogens is 1. The standard InChI is InChI=1S/C9H10BrN3OS/c1-4-5(10)3-6(15-4)7-8(11)12-9(14)13(7)2/h3,7H,1-2H3,(H2,11,12,14). The van der Waals surface area contributed by atoms with Crippen molar-refractivity contribution in [2.45, 2.75) is 13.0 Å². The lowest BCUT2D eigenvalue weighted by molar-refractivity contribution is 0.219. The third-order valence-corrected chi connectivity index (χ3v) is 4.53. The smallest absolute Gasteiger partial charge is 0.345 e. The summed E-state index contributed by atoms with van der Waals surface area (Å²) in [6.45, 7) is 2.02. The lowest BCUT2D eigenvalue weighted by atomic mass is 10.2. The number of carbonyl (C=O) groups is 1. The van der Waals surface area contributed by atoms with E-state index in [2.05, 4.69) is 20.9 Å². The van der Waals surface area contributed by atoms with Crippen molar-refractivity contribution in [2.75, 3.05) is 7.05 Å². The van der Waals surface area contributed by atoms with Crippen LogP contribution in [0, 0.1) is 6.92 Å². The number of nitrogens with two attached hydrogens (primary N) is 1. The van der Waals surface area contributed by atoms with Gasteiger partial charge in [0, 0.05) is 21.3 Å². The van der Waals surface area contributed by atoms with Gasteiger partial charge in [-0.15, -0.1) is 11.3 Å². The van der Waals surface area contributed by atoms with E-state index in [4.69, 9.17) is 5.73 Å². The third kappa shape index (κ3) is 1.68. The Morgan fingerprint density at radius 3 is 2.73 bits per heavy atom. The van der Waals surface area contributed by atoms with Gasteiger partial charge in [0.1, 0.15) is 11.9 Å². The van der Waals surface area contributed by atoms with Crippen LogP contribution >= 0.6 is 27.3 Å². The number of aliphatic imine (C=N–C) groups is 1. The number of rotatable bonds is 1. The summed E-state index contributed by atoms with van der Waals surface area (Å²) in [4.78, 5) is 18.8. The molecule has 1 aliphatic rings. The van der Waals surface area contributed by atoms with E-state index in [1.54, 1.807) is 23.3 Å². The van der Waals surface area contributed by atoms with Crippen molar-refractivity contribution in [1.29, 1.82) is 0 Å². The Balaban J connectivity index is 2.40. The molecule has 15 heavy (non-hydrogen) atoms. The fourth-order valence-corrected chi connectivity index (χ4v) is 3.23. The maximum Gasteiger partial charge on any atom is 0.345 e. The Morgan fingerprint density at radius 1 is 1.67 bits per heavy atom. The van der Waals surface area contributed by atoms with Crippen LogP contribution in [-0.4, -0.2) is 23.8 Å². The van der Waals surface area contributed by atoms with Crippen molar-refractivity contribution in [3.63, 3.8) is 0 Å². The fraction of sp³-hybridized carbons (Fsp3) is 0.333. The van der Waals surface area contributed by atoms with Gasteiger partial charge >= 0.3 is 6.03 Å². The predicted octanol–water partition coefficient (Wildman–Crippen LogP) is 2.28. The highest BCUT2D eigenvalue weighted by atomic mass is 79.9. The highest BCUT2D eigenvalue weighted by Gasteiger charge is 2.32. The number of hydrogen-bond acceptors (Lipinski definition) is 3. The van der Waals surface area contributed by atoms with Crippen molar-refractivity contribution < 1.29 is 4.79 Å². The molecule has 1 aromatic heterocycles. The average molecular weight is 288 g/mol. The summed E-state index contributed by atoms with van der Waals surface area (Å²) < 4.78 is 1.04. The van der Waals surface area contributed by atoms with Gasteiger partial charge < -0.3 is 10.6 Å². The zero-order chi connectivity index (χ0) is 11.2. The lowest BCUT2D eigenvalue weighted by Gasteiger charge is -2.17. The number of amides is 2. The second-order valence-corrected chi connectivity index (χ2v) is 5.53. The number of likely N-dealkylation sites (N-methyl/N-ethyl adjacent to an activating group) is 1. The summed E-state index contributed by atoms with van der Waals surface area (Å²) in [7, 11) is 1.71. The molecule has 2 heterocycles. The Labute approximate surface area is 99.9 Å². The average Bonchev–Trinajstić information content (AvgIpc) is 2.57. The zero-order valence-electron chi connectivity index (χ0n) is 8.32. The Kier molecular flexibility index (Phi) is 2.56. The molecule has 2 rings (SSSR count). The molecule has 1 aliphatic heterocycles. The molecule has 0 fully saturated rings. The summed E-state index contributed by atoms with van der Waals surface area (Å²) in [6, 6.07) is 1.51. The molecule has 0 saturated carbocycles. The molecule has 1 unspecified atom stereocenters. The molecule has 0 spiro atoms. The largest absolute Gasteiger partial charge is 0.385 e. The van der Waals surface area contributed by atoms with Gasteiger partial charge in [-0.2, -0.15) is 4.99 Å². The summed E-state index contributed by atoms with van der Waals surface area (Å²) in [5, 5.41) is 0. The third-order valence-electron chi connectivity index (χ3n) is 2.34. The van der Waals surface area contributed by atoms with E-state index in [1.807, 2.05) is 13.0 Å². The molecular formula is C9H10BrN3OS. The van der Waals surface area contributed by atoms with E-state index in [0.717, 1.165) is 9.35 Å². The maximum atomic E-state index is 11.3. The SMILES string of the molecule is Cc1sc(C2C(N)=NC(=O)N2C)cc1Br. The topological polar surface area (TPSA) is 58.7 Å². The first-order valence-corrected chi connectivity index (χ1v) is 5.98. The highest BCUT2D eigenvalue weighted by Crippen LogP contribution is 2.35. The van der Waals surface area contributed by atoms with E-state index < -0.39 is 0 Å². The molecule has 80 valence electrons. The molecule has 1 aromatic rings. The van der Waals surface area contributed by atoms with Gasteiger partial charge in [-0.05, 0) is 28.9 Å². The first-order valence-electron chi connectivity index (χ1n) is 4.37. The van der Waals surface area contributed by atoms with Crippen molar-refractivity contribution in [1.82, 2.24) is 4.90 Å². The van der Waals surface area contributed by atoms with Crippen molar-refractivity contribution in [2.24, 2.45) is 10.7 Å². The lowest BCUT2D eigenvalue weighted by Crippen LogP contribution is -2.29. The second kappa shape index (κ2) is 3.61. The molecule has 6 heteroatoms. The fourth-order valence-electron chi connectivity index (χ4n) is 1.51. The quantitative estimate of drug-likeness (QED) is 0.862. The van der Waals surface area contributed by atoms with Crippen LogP contribution in [0.1, 0.15) is 15.8 Å². The van der Waals surface area contributed by atoms with Crippen LogP contribution in [0.15, 0.2) is 15.5 Å². The molecule has 2 N–H and O–H groups in total. The number of thiophene rings is 1. The summed E-state index contributed by atoms with van der Waals surface area (Å²) in [5.74, 6) is 0.372. The molecule has 0 aromatic carbocycles. The van der Waals surface area contributed by atoms with E-state index in [1.165, 1.54) is 4.88 Å². The van der Waals surface area contributed by atoms with Gasteiger partial charge in [-0.25, -0.2) is 4.79 Å². The monoisotopic (exact) mass is 287 g/mol. The highest BCUT2D eigenvalue weighted by molar-refractivity contribution is 9.10. The van der Waals surface area contributed by atoms with E-state index in [9.17, 15) is 4.79 Å². The van der Waals surface area contributed by atoms with Crippen molar-refractivity contribution in [3.8, 4) is 0 Å². The maximum absolute atomic E-state index is 11.3. The van der Waals surface area contributed by atoms with Crippen LogP contribution < -0.4 is 5.73 Å². The Bertz CT molecular complexity index is 435. The summed E-state index contributed by atoms with van der Waals surface area (Å²) in [5.41, 5.74) is 5.73. The van der Waals surface area contributed by atoms with Crippen molar-refractivity contribution >= 4 is 39.1 Å². The molecular weight excluding hydrogens is 278 g/mol. The normalized spacial score (nSPS) is 21.0. The minimum absolute atomic E-state index is 0.201. The molecule has 4 nitrogen and oxygen atoms in total. The van der Waals surface area contributed by atoms with Gasteiger partial charge in [0.15, 0.2) is 0 Å². The molecule has 0 aliphatic carbocycles.